The Labute approximate surface area is 124 Å². The summed E-state index contributed by atoms with van der Waals surface area (Å²) < 4.78 is 5.06. The Morgan fingerprint density at radius 3 is 2.86 bits per heavy atom. The van der Waals surface area contributed by atoms with E-state index in [4.69, 9.17) is 4.74 Å². The second-order valence-electron chi connectivity index (χ2n) is 4.57. The fourth-order valence-electron chi connectivity index (χ4n) is 1.79. The number of aryl methyl sites for hydroxylation is 1. The molecule has 0 spiro atoms. The van der Waals surface area contributed by atoms with Crippen LogP contribution in [0.2, 0.25) is 0 Å². The molecule has 0 radical (unpaired) electrons. The van der Waals surface area contributed by atoms with E-state index in [-0.39, 0.29) is 17.9 Å². The van der Waals surface area contributed by atoms with E-state index in [1.807, 2.05) is 0 Å². The highest BCUT2D eigenvalue weighted by atomic mass is 16.6. The largest absolute Gasteiger partial charge is 0.462 e. The molecule has 0 aliphatic rings. The van der Waals surface area contributed by atoms with Gasteiger partial charge in [0.1, 0.15) is 0 Å². The van der Waals surface area contributed by atoms with Gasteiger partial charge in [0.25, 0.3) is 5.69 Å². The van der Waals surface area contributed by atoms with Crippen molar-refractivity contribution in [3.63, 3.8) is 0 Å². The summed E-state index contributed by atoms with van der Waals surface area (Å²) in [6, 6.07) is 4.17. The first kappa shape index (κ1) is 15.4. The van der Waals surface area contributed by atoms with Gasteiger partial charge in [-0.05, 0) is 18.6 Å². The fourth-order valence-corrected chi connectivity index (χ4v) is 1.79. The van der Waals surface area contributed by atoms with Crippen LogP contribution in [0.1, 0.15) is 21.5 Å². The summed E-state index contributed by atoms with van der Waals surface area (Å²) in [5.41, 5.74) is 0.729. The molecule has 1 aromatic heterocycles. The molecular formula is C14H13N3O5. The van der Waals surface area contributed by atoms with Crippen LogP contribution in [0.5, 0.6) is 0 Å². The van der Waals surface area contributed by atoms with E-state index in [9.17, 15) is 19.7 Å². The van der Waals surface area contributed by atoms with Crippen LogP contribution in [-0.2, 0) is 11.2 Å². The van der Waals surface area contributed by atoms with Crippen molar-refractivity contribution >= 4 is 11.7 Å². The summed E-state index contributed by atoms with van der Waals surface area (Å²) in [7, 11) is 0. The molecule has 0 amide bonds. The predicted molar refractivity (Wildman–Crippen MR) is 76.7 cm³/mol. The van der Waals surface area contributed by atoms with Gasteiger partial charge in [0.2, 0.25) is 0 Å². The molecule has 1 heterocycles. The number of nitro benzene ring substituents is 1. The molecule has 0 atom stereocenters. The second-order valence-corrected chi connectivity index (χ2v) is 4.57. The van der Waals surface area contributed by atoms with Gasteiger partial charge >= 0.3 is 11.7 Å². The van der Waals surface area contributed by atoms with Gasteiger partial charge < -0.3 is 9.72 Å². The lowest BCUT2D eigenvalue weighted by atomic mass is 10.1. The molecule has 114 valence electrons. The average molecular weight is 303 g/mol. The van der Waals surface area contributed by atoms with E-state index >= 15 is 0 Å². The Hall–Kier alpha value is -3.03. The molecule has 0 saturated carbocycles. The number of nitro groups is 1. The zero-order valence-electron chi connectivity index (χ0n) is 11.7. The maximum Gasteiger partial charge on any atom is 0.344 e. The highest BCUT2D eigenvalue weighted by molar-refractivity contribution is 5.90. The van der Waals surface area contributed by atoms with E-state index < -0.39 is 16.6 Å². The number of aromatic amines is 1. The van der Waals surface area contributed by atoms with Crippen LogP contribution in [0.15, 0.2) is 35.4 Å². The highest BCUT2D eigenvalue weighted by Crippen LogP contribution is 2.19. The Kier molecular flexibility index (Phi) is 4.62. The van der Waals surface area contributed by atoms with Gasteiger partial charge in [-0.1, -0.05) is 6.07 Å². The summed E-state index contributed by atoms with van der Waals surface area (Å²) in [6.07, 6.45) is 3.26. The fraction of sp³-hybridized carbons (Fsp3) is 0.214. The van der Waals surface area contributed by atoms with E-state index in [0.717, 1.165) is 0 Å². The number of carbonyl (C=O) groups excluding carboxylic acids is 1. The molecular weight excluding hydrogens is 290 g/mol. The quantitative estimate of drug-likeness (QED) is 0.507. The monoisotopic (exact) mass is 303 g/mol. The van der Waals surface area contributed by atoms with Crippen molar-refractivity contribution in [2.24, 2.45) is 0 Å². The van der Waals surface area contributed by atoms with E-state index in [0.29, 0.717) is 17.5 Å². The number of aromatic nitrogens is 2. The molecule has 8 heteroatoms. The Morgan fingerprint density at radius 1 is 1.45 bits per heavy atom. The lowest BCUT2D eigenvalue weighted by Crippen LogP contribution is -2.12. The smallest absolute Gasteiger partial charge is 0.344 e. The van der Waals surface area contributed by atoms with E-state index in [1.165, 1.54) is 30.6 Å². The minimum atomic E-state index is -0.638. The van der Waals surface area contributed by atoms with Crippen LogP contribution in [-0.4, -0.2) is 27.5 Å². The summed E-state index contributed by atoms with van der Waals surface area (Å²) in [5.74, 6) is -0.638. The molecule has 1 aromatic carbocycles. The maximum atomic E-state index is 11.9. The molecule has 2 rings (SSSR count). The first-order chi connectivity index (χ1) is 10.5. The summed E-state index contributed by atoms with van der Waals surface area (Å²) in [5, 5.41) is 10.8. The molecule has 0 saturated heterocycles. The molecule has 0 bridgehead atoms. The van der Waals surface area contributed by atoms with Crippen LogP contribution >= 0.6 is 0 Å². The third kappa shape index (κ3) is 3.75. The number of rotatable bonds is 5. The number of carbonyl (C=O) groups is 1. The molecule has 2 aromatic rings. The number of nitrogens with zero attached hydrogens (tertiary/aromatic N) is 2. The van der Waals surface area contributed by atoms with Gasteiger partial charge in [0.15, 0.2) is 0 Å². The second kappa shape index (κ2) is 6.61. The van der Waals surface area contributed by atoms with Crippen LogP contribution < -0.4 is 5.69 Å². The number of H-pyrrole nitrogens is 1. The highest BCUT2D eigenvalue weighted by Gasteiger charge is 2.15. The first-order valence-electron chi connectivity index (χ1n) is 6.43. The number of hydrogen-bond donors (Lipinski definition) is 1. The third-order valence-corrected chi connectivity index (χ3v) is 2.99. The zero-order valence-corrected chi connectivity index (χ0v) is 11.7. The molecule has 0 aliphatic carbocycles. The van der Waals surface area contributed by atoms with Gasteiger partial charge in [-0.15, -0.1) is 0 Å². The van der Waals surface area contributed by atoms with Crippen LogP contribution in [0.3, 0.4) is 0 Å². The van der Waals surface area contributed by atoms with Crippen molar-refractivity contribution in [1.29, 1.82) is 0 Å². The van der Waals surface area contributed by atoms with Crippen molar-refractivity contribution in [2.75, 3.05) is 6.61 Å². The molecule has 0 aliphatic heterocycles. The standard InChI is InChI=1S/C14H13N3O5/c1-9-2-3-11(6-12(9)17(20)21)13(18)22-5-4-10-7-15-14(19)16-8-10/h2-3,6-8H,4-5H2,1H3,(H,15,16,19). The summed E-state index contributed by atoms with van der Waals surface area (Å²) in [6.45, 7) is 1.67. The lowest BCUT2D eigenvalue weighted by molar-refractivity contribution is -0.385. The van der Waals surface area contributed by atoms with Gasteiger partial charge in [0.05, 0.1) is 17.1 Å². The van der Waals surface area contributed by atoms with Crippen molar-refractivity contribution in [2.45, 2.75) is 13.3 Å². The van der Waals surface area contributed by atoms with Crippen molar-refractivity contribution in [3.05, 3.63) is 67.9 Å². The normalized spacial score (nSPS) is 10.2. The number of esters is 1. The Balaban J connectivity index is 1.97. The topological polar surface area (TPSA) is 115 Å². The van der Waals surface area contributed by atoms with Crippen molar-refractivity contribution < 1.29 is 14.5 Å². The SMILES string of the molecule is Cc1ccc(C(=O)OCCc2cnc(=O)[nH]c2)cc1[N+](=O)[O-]. The van der Waals surface area contributed by atoms with Gasteiger partial charge in [-0.2, -0.15) is 0 Å². The molecule has 1 N–H and O–H groups in total. The minimum absolute atomic E-state index is 0.0776. The summed E-state index contributed by atoms with van der Waals surface area (Å²) >= 11 is 0. The lowest BCUT2D eigenvalue weighted by Gasteiger charge is -2.05. The van der Waals surface area contributed by atoms with Gasteiger partial charge in [-0.3, -0.25) is 10.1 Å². The number of benzene rings is 1. The van der Waals surface area contributed by atoms with Crippen LogP contribution in [0.4, 0.5) is 5.69 Å². The predicted octanol–water partition coefficient (Wildman–Crippen LogP) is 1.39. The molecule has 0 unspecified atom stereocenters. The molecule has 8 nitrogen and oxygen atoms in total. The minimum Gasteiger partial charge on any atom is -0.462 e. The van der Waals surface area contributed by atoms with Gasteiger partial charge in [0, 0.05) is 30.4 Å². The first-order valence-corrected chi connectivity index (χ1v) is 6.43. The number of nitrogens with one attached hydrogen (secondary N) is 1. The Morgan fingerprint density at radius 2 is 2.23 bits per heavy atom. The average Bonchev–Trinajstić information content (AvgIpc) is 2.49. The molecule has 22 heavy (non-hydrogen) atoms. The number of hydrogen-bond acceptors (Lipinski definition) is 6. The maximum absolute atomic E-state index is 11.9. The summed E-state index contributed by atoms with van der Waals surface area (Å²) in [4.78, 5) is 38.9. The third-order valence-electron chi connectivity index (χ3n) is 2.99. The number of ether oxygens (including phenoxy) is 1. The van der Waals surface area contributed by atoms with Gasteiger partial charge in [-0.25, -0.2) is 14.6 Å². The van der Waals surface area contributed by atoms with Crippen LogP contribution in [0.25, 0.3) is 0 Å². The van der Waals surface area contributed by atoms with Crippen LogP contribution in [0, 0.1) is 17.0 Å². The van der Waals surface area contributed by atoms with Crippen molar-refractivity contribution in [1.82, 2.24) is 9.97 Å². The molecule has 0 fully saturated rings. The van der Waals surface area contributed by atoms with E-state index in [1.54, 1.807) is 6.92 Å². The Bertz CT molecular complexity index is 749. The van der Waals surface area contributed by atoms with Crippen molar-refractivity contribution in [3.8, 4) is 0 Å². The van der Waals surface area contributed by atoms with E-state index in [2.05, 4.69) is 9.97 Å². The zero-order chi connectivity index (χ0) is 16.1.